The zero-order valence-corrected chi connectivity index (χ0v) is 35.1. The fourth-order valence-corrected chi connectivity index (χ4v) is 9.58. The van der Waals surface area contributed by atoms with E-state index < -0.39 is 74.2 Å². The van der Waals surface area contributed by atoms with E-state index in [0.29, 0.717) is 60.2 Å². The Balaban J connectivity index is 1.14. The lowest BCUT2D eigenvalue weighted by Gasteiger charge is -2.30. The molecule has 0 spiro atoms. The second kappa shape index (κ2) is 16.8. The SMILES string of the molecule is COc1ccc2c(O[C@@H]3C[C@H]4C(=O)N[C@]5(C(=O)NS(=O)(=O)C6(C)CC6)C[C@@H]5/C=C\CCCCC[C@H](Nc5cccc(OC(F)(F)F)c5)C(=O)N4C3)cc(-c3ccccc3)nc2c1. The van der Waals surface area contributed by atoms with E-state index >= 15 is 0 Å². The number of fused-ring (bicyclic) bond motifs is 3. The average Bonchev–Trinajstić information content (AvgIpc) is 4.12. The van der Waals surface area contributed by atoms with Crippen molar-refractivity contribution in [1.29, 1.82) is 0 Å². The number of rotatable bonds is 10. The molecule has 3 fully saturated rings. The van der Waals surface area contributed by atoms with Gasteiger partial charge in [-0.3, -0.25) is 19.1 Å². The van der Waals surface area contributed by atoms with Gasteiger partial charge in [0.05, 0.1) is 29.6 Å². The van der Waals surface area contributed by atoms with Gasteiger partial charge in [0, 0.05) is 47.2 Å². The van der Waals surface area contributed by atoms with Crippen molar-refractivity contribution in [2.75, 3.05) is 19.0 Å². The molecule has 328 valence electrons. The molecule has 3 amide bonds. The largest absolute Gasteiger partial charge is 0.573 e. The van der Waals surface area contributed by atoms with Crippen LogP contribution in [0.5, 0.6) is 17.2 Å². The van der Waals surface area contributed by atoms with Crippen LogP contribution in [-0.4, -0.2) is 84.5 Å². The quantitative estimate of drug-likeness (QED) is 0.141. The Bertz CT molecular complexity index is 2500. The summed E-state index contributed by atoms with van der Waals surface area (Å²) in [5, 5.41) is 6.66. The summed E-state index contributed by atoms with van der Waals surface area (Å²) in [7, 11) is -2.50. The Morgan fingerprint density at radius 1 is 0.968 bits per heavy atom. The highest BCUT2D eigenvalue weighted by molar-refractivity contribution is 7.91. The number of hydrogen-bond acceptors (Lipinski definition) is 10. The van der Waals surface area contributed by atoms with E-state index in [2.05, 4.69) is 20.1 Å². The first-order chi connectivity index (χ1) is 29.6. The number of halogens is 3. The number of nitrogens with zero attached hydrogens (tertiary/aromatic N) is 2. The van der Waals surface area contributed by atoms with E-state index in [1.54, 1.807) is 32.2 Å². The van der Waals surface area contributed by atoms with Gasteiger partial charge in [0.1, 0.15) is 41.0 Å². The fraction of sp³-hybridized carbons (Fsp3) is 0.422. The molecule has 1 saturated heterocycles. The van der Waals surface area contributed by atoms with E-state index in [1.165, 1.54) is 17.0 Å². The number of pyridine rings is 1. The van der Waals surface area contributed by atoms with Crippen LogP contribution in [0.2, 0.25) is 0 Å². The Labute approximate surface area is 357 Å². The van der Waals surface area contributed by atoms with Crippen molar-refractivity contribution in [2.24, 2.45) is 5.92 Å². The number of amides is 3. The number of allylic oxidation sites excluding steroid dienone is 1. The van der Waals surface area contributed by atoms with Crippen molar-refractivity contribution in [3.8, 4) is 28.5 Å². The number of anilines is 1. The maximum atomic E-state index is 14.9. The van der Waals surface area contributed by atoms with Gasteiger partial charge < -0.3 is 29.7 Å². The first kappa shape index (κ1) is 42.8. The lowest BCUT2D eigenvalue weighted by Crippen LogP contribution is -2.58. The smallest absolute Gasteiger partial charge is 0.497 e. The molecule has 2 aliphatic carbocycles. The molecule has 3 heterocycles. The molecular formula is C45H48F3N5O8S. The maximum absolute atomic E-state index is 14.9. The van der Waals surface area contributed by atoms with Crippen LogP contribution < -0.4 is 29.6 Å². The Morgan fingerprint density at radius 3 is 2.50 bits per heavy atom. The first-order valence-corrected chi connectivity index (χ1v) is 22.2. The van der Waals surface area contributed by atoms with Gasteiger partial charge in [0.25, 0.3) is 5.91 Å². The van der Waals surface area contributed by atoms with E-state index in [9.17, 15) is 36.0 Å². The monoisotopic (exact) mass is 875 g/mol. The van der Waals surface area contributed by atoms with Gasteiger partial charge >= 0.3 is 6.36 Å². The zero-order valence-electron chi connectivity index (χ0n) is 34.2. The molecule has 2 aliphatic heterocycles. The minimum Gasteiger partial charge on any atom is -0.497 e. The van der Waals surface area contributed by atoms with Crippen LogP contribution in [-0.2, 0) is 24.4 Å². The molecule has 17 heteroatoms. The molecule has 5 atom stereocenters. The second-order valence-corrected chi connectivity index (χ2v) is 18.9. The summed E-state index contributed by atoms with van der Waals surface area (Å²) in [6.07, 6.45) is 1.95. The molecule has 0 unspecified atom stereocenters. The molecule has 1 aromatic heterocycles. The fourth-order valence-electron chi connectivity index (χ4n) is 8.27. The molecule has 4 aliphatic rings. The summed E-state index contributed by atoms with van der Waals surface area (Å²) in [5.74, 6) is -1.96. The van der Waals surface area contributed by atoms with Crippen LogP contribution >= 0.6 is 0 Å². The topological polar surface area (TPSA) is 165 Å². The number of carbonyl (C=O) groups excluding carboxylic acids is 3. The van der Waals surface area contributed by atoms with Gasteiger partial charge in [-0.2, -0.15) is 0 Å². The summed E-state index contributed by atoms with van der Waals surface area (Å²) in [6, 6.07) is 19.7. The van der Waals surface area contributed by atoms with Crippen LogP contribution in [0.15, 0.2) is 91.0 Å². The van der Waals surface area contributed by atoms with Crippen molar-refractivity contribution in [1.82, 2.24) is 19.9 Å². The highest BCUT2D eigenvalue weighted by Crippen LogP contribution is 2.48. The third kappa shape index (κ3) is 9.17. The number of hydrogen-bond donors (Lipinski definition) is 3. The summed E-state index contributed by atoms with van der Waals surface area (Å²) >= 11 is 0. The number of ether oxygens (including phenoxy) is 3. The summed E-state index contributed by atoms with van der Waals surface area (Å²) in [6.45, 7) is 1.50. The van der Waals surface area contributed by atoms with Gasteiger partial charge in [-0.25, -0.2) is 13.4 Å². The lowest BCUT2D eigenvalue weighted by molar-refractivity contribution is -0.274. The van der Waals surface area contributed by atoms with Crippen molar-refractivity contribution in [3.05, 3.63) is 91.0 Å². The molecule has 8 rings (SSSR count). The van der Waals surface area contributed by atoms with Crippen LogP contribution in [0.1, 0.15) is 64.7 Å². The van der Waals surface area contributed by atoms with Gasteiger partial charge in [-0.1, -0.05) is 61.4 Å². The van der Waals surface area contributed by atoms with Gasteiger partial charge in [0.15, 0.2) is 0 Å². The highest BCUT2D eigenvalue weighted by atomic mass is 32.2. The van der Waals surface area contributed by atoms with Crippen molar-refractivity contribution in [3.63, 3.8) is 0 Å². The van der Waals surface area contributed by atoms with Crippen LogP contribution in [0.3, 0.4) is 0 Å². The number of aromatic nitrogens is 1. The van der Waals surface area contributed by atoms with Gasteiger partial charge in [-0.15, -0.1) is 13.2 Å². The number of benzene rings is 3. The lowest BCUT2D eigenvalue weighted by atomic mass is 10.0. The summed E-state index contributed by atoms with van der Waals surface area (Å²) in [5.41, 5.74) is 0.636. The third-order valence-corrected chi connectivity index (χ3v) is 14.4. The molecule has 13 nitrogen and oxygen atoms in total. The van der Waals surface area contributed by atoms with Crippen LogP contribution in [0.4, 0.5) is 18.9 Å². The average molecular weight is 876 g/mol. The number of sulfonamides is 1. The Morgan fingerprint density at radius 2 is 1.76 bits per heavy atom. The molecule has 0 bridgehead atoms. The summed E-state index contributed by atoms with van der Waals surface area (Å²) in [4.78, 5) is 49.8. The molecule has 3 aromatic carbocycles. The minimum absolute atomic E-state index is 0.00554. The van der Waals surface area contributed by atoms with Gasteiger partial charge in [0.2, 0.25) is 21.8 Å². The van der Waals surface area contributed by atoms with Crippen molar-refractivity contribution in [2.45, 2.75) is 99.5 Å². The third-order valence-electron chi connectivity index (χ3n) is 12.2. The Hall–Kier alpha value is -5.84. The number of carbonyl (C=O) groups is 3. The zero-order chi connectivity index (χ0) is 43.9. The van der Waals surface area contributed by atoms with Gasteiger partial charge in [-0.05, 0) is 69.7 Å². The molecule has 3 N–H and O–H groups in total. The maximum Gasteiger partial charge on any atom is 0.573 e. The molecule has 4 aromatic rings. The van der Waals surface area contributed by atoms with Crippen LogP contribution in [0, 0.1) is 5.92 Å². The summed E-state index contributed by atoms with van der Waals surface area (Å²) < 4.78 is 83.5. The predicted molar refractivity (Wildman–Crippen MR) is 225 cm³/mol. The number of nitrogens with one attached hydrogen (secondary N) is 3. The van der Waals surface area contributed by atoms with Crippen molar-refractivity contribution >= 4 is 44.3 Å². The normalized spacial score (nSPS) is 25.5. The Kier molecular flexibility index (Phi) is 11.6. The highest BCUT2D eigenvalue weighted by Gasteiger charge is 2.63. The van der Waals surface area contributed by atoms with E-state index in [-0.39, 0.29) is 31.5 Å². The van der Waals surface area contributed by atoms with Crippen molar-refractivity contribution < 1.29 is 50.2 Å². The number of methoxy groups -OCH3 is 1. The van der Waals surface area contributed by atoms with E-state index in [1.807, 2.05) is 48.6 Å². The van der Waals surface area contributed by atoms with Crippen LogP contribution in [0.25, 0.3) is 22.2 Å². The second-order valence-electron chi connectivity index (χ2n) is 16.7. The standard InChI is InChI=1S/C45H48F3N5O8S/c1-43(20-21-43)62(57,58)52-42(56)44-26-29(44)14-9-4-3-5-10-17-35(49-30-15-11-16-32(22-30)61-45(46,47)48)41(55)53-27-33(24-38(53)40(54)51-44)60-39-25-36(28-12-7-6-8-13-28)50-37-23-31(59-2)18-19-34(37)39/h6-9,11-16,18-19,22-23,25,29,33,35,38,49H,3-5,10,17,20-21,24,26-27H2,1-2H3,(H,51,54)(H,52,56)/b14-9-/t29-,33+,35-,38-,44+/m0/s1. The molecular weight excluding hydrogens is 828 g/mol. The minimum atomic E-state index is -4.93. The molecule has 62 heavy (non-hydrogen) atoms. The van der Waals surface area contributed by atoms with E-state index in [4.69, 9.17) is 14.5 Å². The first-order valence-electron chi connectivity index (χ1n) is 20.8. The number of alkyl halides is 3. The predicted octanol–water partition coefficient (Wildman–Crippen LogP) is 7.03. The molecule has 0 radical (unpaired) electrons. The van der Waals surface area contributed by atoms with E-state index in [0.717, 1.165) is 24.1 Å². The molecule has 2 saturated carbocycles.